The highest BCUT2D eigenvalue weighted by atomic mass is 35.5. The SMILES string of the molecule is Cn1ncc2c(Nc3ccc(Cl)cc3)nc(NC[C@@H](N)c3ccccc3)nc21. The first-order chi connectivity index (χ1) is 13.6. The summed E-state index contributed by atoms with van der Waals surface area (Å²) in [4.78, 5) is 9.20. The summed E-state index contributed by atoms with van der Waals surface area (Å²) in [5.41, 5.74) is 8.93. The van der Waals surface area contributed by atoms with Gasteiger partial charge in [-0.1, -0.05) is 41.9 Å². The van der Waals surface area contributed by atoms with Gasteiger partial charge < -0.3 is 16.4 Å². The summed E-state index contributed by atoms with van der Waals surface area (Å²) in [6.07, 6.45) is 1.74. The molecule has 0 saturated heterocycles. The van der Waals surface area contributed by atoms with E-state index in [0.29, 0.717) is 23.3 Å². The molecule has 0 saturated carbocycles. The molecular formula is C20H20ClN7. The van der Waals surface area contributed by atoms with E-state index in [2.05, 4.69) is 25.7 Å². The van der Waals surface area contributed by atoms with Gasteiger partial charge in [0.05, 0.1) is 11.6 Å². The molecule has 1 atom stereocenters. The third-order valence-electron chi connectivity index (χ3n) is 4.41. The number of nitrogens with zero attached hydrogens (tertiary/aromatic N) is 4. The molecule has 0 radical (unpaired) electrons. The number of nitrogens with two attached hydrogens (primary N) is 1. The molecule has 0 fully saturated rings. The highest BCUT2D eigenvalue weighted by Gasteiger charge is 2.13. The Morgan fingerprint density at radius 1 is 1.07 bits per heavy atom. The summed E-state index contributed by atoms with van der Waals surface area (Å²) in [5.74, 6) is 1.15. The number of rotatable bonds is 6. The molecule has 8 heteroatoms. The van der Waals surface area contributed by atoms with Crippen molar-refractivity contribution in [3.63, 3.8) is 0 Å². The molecule has 0 spiro atoms. The van der Waals surface area contributed by atoms with Gasteiger partial charge in [-0.3, -0.25) is 4.68 Å². The molecule has 0 unspecified atom stereocenters. The van der Waals surface area contributed by atoms with Crippen LogP contribution in [0.4, 0.5) is 17.5 Å². The van der Waals surface area contributed by atoms with Crippen molar-refractivity contribution in [3.8, 4) is 0 Å². The van der Waals surface area contributed by atoms with E-state index in [4.69, 9.17) is 17.3 Å². The first-order valence-electron chi connectivity index (χ1n) is 8.87. The minimum absolute atomic E-state index is 0.167. The molecular weight excluding hydrogens is 374 g/mol. The average Bonchev–Trinajstić information content (AvgIpc) is 3.10. The Balaban J connectivity index is 1.60. The first kappa shape index (κ1) is 18.2. The van der Waals surface area contributed by atoms with E-state index in [1.54, 1.807) is 10.9 Å². The van der Waals surface area contributed by atoms with E-state index in [0.717, 1.165) is 22.3 Å². The van der Waals surface area contributed by atoms with Crippen molar-refractivity contribution in [1.29, 1.82) is 0 Å². The third-order valence-corrected chi connectivity index (χ3v) is 4.66. The molecule has 7 nitrogen and oxygen atoms in total. The van der Waals surface area contributed by atoms with Gasteiger partial charge in [-0.2, -0.15) is 15.1 Å². The van der Waals surface area contributed by atoms with Gasteiger partial charge in [0.2, 0.25) is 5.95 Å². The quantitative estimate of drug-likeness (QED) is 0.460. The van der Waals surface area contributed by atoms with Crippen molar-refractivity contribution in [2.75, 3.05) is 17.2 Å². The van der Waals surface area contributed by atoms with E-state index >= 15 is 0 Å². The van der Waals surface area contributed by atoms with Gasteiger partial charge in [-0.05, 0) is 29.8 Å². The number of aromatic nitrogens is 4. The molecule has 0 aliphatic rings. The predicted octanol–water partition coefficient (Wildman–Crippen LogP) is 3.87. The molecule has 2 heterocycles. The van der Waals surface area contributed by atoms with Crippen LogP contribution >= 0.6 is 11.6 Å². The highest BCUT2D eigenvalue weighted by molar-refractivity contribution is 6.30. The number of hydrogen-bond donors (Lipinski definition) is 3. The Morgan fingerprint density at radius 3 is 2.57 bits per heavy atom. The van der Waals surface area contributed by atoms with E-state index in [1.165, 1.54) is 0 Å². The second-order valence-electron chi connectivity index (χ2n) is 6.43. The second kappa shape index (κ2) is 7.84. The predicted molar refractivity (Wildman–Crippen MR) is 113 cm³/mol. The number of anilines is 3. The average molecular weight is 394 g/mol. The van der Waals surface area contributed by atoms with Crippen LogP contribution in [0.1, 0.15) is 11.6 Å². The molecule has 0 bridgehead atoms. The molecule has 0 amide bonds. The lowest BCUT2D eigenvalue weighted by Crippen LogP contribution is -2.21. The number of hydrogen-bond acceptors (Lipinski definition) is 6. The summed E-state index contributed by atoms with van der Waals surface area (Å²) in [6, 6.07) is 17.2. The Hall–Kier alpha value is -3.16. The maximum absolute atomic E-state index is 6.28. The van der Waals surface area contributed by atoms with E-state index in [9.17, 15) is 0 Å². The van der Waals surface area contributed by atoms with Gasteiger partial charge in [-0.25, -0.2) is 0 Å². The van der Waals surface area contributed by atoms with Gasteiger partial charge in [0.25, 0.3) is 0 Å². The zero-order chi connectivity index (χ0) is 19.5. The van der Waals surface area contributed by atoms with Crippen LogP contribution in [0.25, 0.3) is 11.0 Å². The molecule has 4 rings (SSSR count). The van der Waals surface area contributed by atoms with Crippen LogP contribution in [0.2, 0.25) is 5.02 Å². The maximum atomic E-state index is 6.28. The van der Waals surface area contributed by atoms with Crippen LogP contribution in [0.5, 0.6) is 0 Å². The van der Waals surface area contributed by atoms with Crippen LogP contribution in [0, 0.1) is 0 Å². The summed E-state index contributed by atoms with van der Waals surface area (Å²) in [6.45, 7) is 0.508. The molecule has 2 aromatic carbocycles. The summed E-state index contributed by atoms with van der Waals surface area (Å²) >= 11 is 5.97. The van der Waals surface area contributed by atoms with E-state index < -0.39 is 0 Å². The summed E-state index contributed by atoms with van der Waals surface area (Å²) < 4.78 is 1.71. The zero-order valence-electron chi connectivity index (χ0n) is 15.3. The summed E-state index contributed by atoms with van der Waals surface area (Å²) in [7, 11) is 1.85. The van der Waals surface area contributed by atoms with Gasteiger partial charge in [0.15, 0.2) is 5.65 Å². The molecule has 0 aliphatic heterocycles. The molecule has 142 valence electrons. The molecule has 28 heavy (non-hydrogen) atoms. The van der Waals surface area contributed by atoms with Gasteiger partial charge in [0.1, 0.15) is 5.82 Å². The topological polar surface area (TPSA) is 93.7 Å². The third kappa shape index (κ3) is 3.90. The fraction of sp³-hybridized carbons (Fsp3) is 0.150. The second-order valence-corrected chi connectivity index (χ2v) is 6.87. The lowest BCUT2D eigenvalue weighted by atomic mass is 10.1. The Morgan fingerprint density at radius 2 is 1.82 bits per heavy atom. The fourth-order valence-electron chi connectivity index (χ4n) is 2.89. The van der Waals surface area contributed by atoms with Crippen molar-refractivity contribution in [3.05, 3.63) is 71.4 Å². The molecule has 2 aromatic heterocycles. The van der Waals surface area contributed by atoms with Crippen LogP contribution < -0.4 is 16.4 Å². The van der Waals surface area contributed by atoms with Crippen LogP contribution in [0.3, 0.4) is 0 Å². The Labute approximate surface area is 167 Å². The number of nitrogens with one attached hydrogen (secondary N) is 2. The lowest BCUT2D eigenvalue weighted by molar-refractivity contribution is 0.756. The minimum atomic E-state index is -0.167. The smallest absolute Gasteiger partial charge is 0.226 e. The number of fused-ring (bicyclic) bond motifs is 1. The van der Waals surface area contributed by atoms with E-state index in [1.807, 2.05) is 61.6 Å². The van der Waals surface area contributed by atoms with Crippen molar-refractivity contribution >= 4 is 40.1 Å². The fourth-order valence-corrected chi connectivity index (χ4v) is 3.01. The van der Waals surface area contributed by atoms with Crippen LogP contribution in [-0.4, -0.2) is 26.3 Å². The van der Waals surface area contributed by atoms with Crippen molar-refractivity contribution in [1.82, 2.24) is 19.7 Å². The normalized spacial score (nSPS) is 12.1. The monoisotopic (exact) mass is 393 g/mol. The lowest BCUT2D eigenvalue weighted by Gasteiger charge is -2.14. The summed E-state index contributed by atoms with van der Waals surface area (Å²) in [5, 5.41) is 12.4. The largest absolute Gasteiger partial charge is 0.352 e. The minimum Gasteiger partial charge on any atom is -0.352 e. The van der Waals surface area contributed by atoms with Gasteiger partial charge in [0, 0.05) is 30.3 Å². The molecule has 4 N–H and O–H groups in total. The highest BCUT2D eigenvalue weighted by Crippen LogP contribution is 2.25. The number of benzene rings is 2. The van der Waals surface area contributed by atoms with Gasteiger partial charge in [-0.15, -0.1) is 0 Å². The maximum Gasteiger partial charge on any atom is 0.226 e. The zero-order valence-corrected chi connectivity index (χ0v) is 16.1. The van der Waals surface area contributed by atoms with Gasteiger partial charge >= 0.3 is 0 Å². The van der Waals surface area contributed by atoms with E-state index in [-0.39, 0.29) is 6.04 Å². The number of halogens is 1. The Kier molecular flexibility index (Phi) is 5.10. The van der Waals surface area contributed by atoms with Crippen LogP contribution in [0.15, 0.2) is 60.8 Å². The number of aryl methyl sites for hydroxylation is 1. The molecule has 0 aliphatic carbocycles. The standard InChI is InChI=1S/C20H20ClN7/c1-28-19-16(11-24-28)18(25-15-9-7-14(21)8-10-15)26-20(27-19)23-12-17(22)13-5-3-2-4-6-13/h2-11,17H,12,22H2,1H3,(H2,23,25,26,27)/t17-/m1/s1. The van der Waals surface area contributed by atoms with Crippen molar-refractivity contribution in [2.45, 2.75) is 6.04 Å². The Bertz CT molecular complexity index is 1080. The van der Waals surface area contributed by atoms with Crippen molar-refractivity contribution in [2.24, 2.45) is 12.8 Å². The van der Waals surface area contributed by atoms with Crippen molar-refractivity contribution < 1.29 is 0 Å². The first-order valence-corrected chi connectivity index (χ1v) is 9.24. The molecule has 4 aromatic rings. The van der Waals surface area contributed by atoms with Crippen LogP contribution in [-0.2, 0) is 7.05 Å².